The Kier molecular flexibility index (Phi) is 3.53. The van der Waals surface area contributed by atoms with Crippen LogP contribution in [0.25, 0.3) is 0 Å². The molecule has 2 rings (SSSR count). The first kappa shape index (κ1) is 11.8. The lowest BCUT2D eigenvalue weighted by molar-refractivity contribution is -0.142. The number of carbonyl (C=O) groups is 1. The van der Waals surface area contributed by atoms with Crippen molar-refractivity contribution in [2.24, 2.45) is 0 Å². The monoisotopic (exact) mass is 236 g/mol. The first-order chi connectivity index (χ1) is 8.18. The molecule has 0 aromatic carbocycles. The zero-order valence-electron chi connectivity index (χ0n) is 9.78. The third-order valence-electron chi connectivity index (χ3n) is 3.11. The Labute approximate surface area is 99.9 Å². The number of rotatable bonds is 3. The third kappa shape index (κ3) is 2.71. The number of carboxylic acid groups (broad SMARTS) is 1. The maximum absolute atomic E-state index is 10.9. The molecule has 17 heavy (non-hydrogen) atoms. The van der Waals surface area contributed by atoms with Crippen LogP contribution in [-0.4, -0.2) is 58.2 Å². The molecule has 0 spiro atoms. The number of aromatic nitrogens is 2. The van der Waals surface area contributed by atoms with Crippen LogP contribution in [0.2, 0.25) is 0 Å². The highest BCUT2D eigenvalue weighted by Crippen LogP contribution is 2.13. The van der Waals surface area contributed by atoms with Gasteiger partial charge in [0.15, 0.2) is 0 Å². The van der Waals surface area contributed by atoms with E-state index in [2.05, 4.69) is 14.9 Å². The van der Waals surface area contributed by atoms with Gasteiger partial charge >= 0.3 is 5.97 Å². The number of hydrogen-bond acceptors (Lipinski definition) is 5. The summed E-state index contributed by atoms with van der Waals surface area (Å²) in [5.41, 5.74) is 0. The summed E-state index contributed by atoms with van der Waals surface area (Å²) in [7, 11) is 0. The van der Waals surface area contributed by atoms with E-state index in [0.717, 1.165) is 32.0 Å². The van der Waals surface area contributed by atoms with Gasteiger partial charge in [-0.25, -0.2) is 9.97 Å². The number of nitrogens with zero attached hydrogens (tertiary/aromatic N) is 4. The first-order valence-corrected chi connectivity index (χ1v) is 5.66. The van der Waals surface area contributed by atoms with Crippen molar-refractivity contribution in [3.63, 3.8) is 0 Å². The molecule has 1 saturated heterocycles. The minimum Gasteiger partial charge on any atom is -0.480 e. The molecular formula is C11H16N4O2. The van der Waals surface area contributed by atoms with E-state index in [1.54, 1.807) is 13.1 Å². The molecule has 1 fully saturated rings. The lowest BCUT2D eigenvalue weighted by Gasteiger charge is -2.37. The Hall–Kier alpha value is -1.69. The highest BCUT2D eigenvalue weighted by atomic mass is 16.4. The Bertz CT molecular complexity index is 376. The van der Waals surface area contributed by atoms with Gasteiger partial charge in [-0.2, -0.15) is 0 Å². The highest BCUT2D eigenvalue weighted by Gasteiger charge is 2.25. The second kappa shape index (κ2) is 5.09. The average Bonchev–Trinajstić information content (AvgIpc) is 2.39. The number of carboxylic acids is 1. The molecule has 0 aliphatic carbocycles. The summed E-state index contributed by atoms with van der Waals surface area (Å²) in [5.74, 6) is 0.142. The minimum absolute atomic E-state index is 0.414. The van der Waals surface area contributed by atoms with Crippen molar-refractivity contribution < 1.29 is 9.90 Å². The van der Waals surface area contributed by atoms with Crippen molar-refractivity contribution in [3.8, 4) is 0 Å². The molecule has 6 nitrogen and oxygen atoms in total. The molecule has 1 atom stereocenters. The van der Waals surface area contributed by atoms with Gasteiger partial charge in [0.2, 0.25) is 0 Å². The largest absolute Gasteiger partial charge is 0.480 e. The minimum atomic E-state index is -0.763. The van der Waals surface area contributed by atoms with Gasteiger partial charge in [0.1, 0.15) is 18.2 Å². The second-order valence-electron chi connectivity index (χ2n) is 4.10. The van der Waals surface area contributed by atoms with Crippen LogP contribution >= 0.6 is 0 Å². The Morgan fingerprint density at radius 1 is 1.41 bits per heavy atom. The van der Waals surface area contributed by atoms with E-state index in [1.165, 1.54) is 6.33 Å². The van der Waals surface area contributed by atoms with Crippen LogP contribution in [0.4, 0.5) is 5.82 Å². The lowest BCUT2D eigenvalue weighted by Crippen LogP contribution is -2.51. The smallest absolute Gasteiger partial charge is 0.320 e. The normalized spacial score (nSPS) is 19.0. The molecule has 1 N–H and O–H groups in total. The van der Waals surface area contributed by atoms with Crippen LogP contribution in [0, 0.1) is 0 Å². The molecule has 1 aromatic rings. The van der Waals surface area contributed by atoms with Crippen molar-refractivity contribution in [1.29, 1.82) is 0 Å². The Morgan fingerprint density at radius 3 is 2.65 bits per heavy atom. The van der Waals surface area contributed by atoms with Crippen molar-refractivity contribution in [1.82, 2.24) is 14.9 Å². The number of anilines is 1. The molecule has 2 heterocycles. The molecule has 0 radical (unpaired) electrons. The fraction of sp³-hybridized carbons (Fsp3) is 0.545. The van der Waals surface area contributed by atoms with Crippen molar-refractivity contribution >= 4 is 11.8 Å². The Balaban J connectivity index is 1.93. The van der Waals surface area contributed by atoms with Crippen molar-refractivity contribution in [2.45, 2.75) is 13.0 Å². The van der Waals surface area contributed by atoms with Gasteiger partial charge in [0.25, 0.3) is 0 Å². The first-order valence-electron chi connectivity index (χ1n) is 5.66. The van der Waals surface area contributed by atoms with E-state index in [4.69, 9.17) is 5.11 Å². The zero-order chi connectivity index (χ0) is 12.3. The lowest BCUT2D eigenvalue weighted by atomic mass is 10.2. The van der Waals surface area contributed by atoms with Gasteiger partial charge in [-0.3, -0.25) is 9.69 Å². The SMILES string of the molecule is CC(C(=O)O)N1CCN(c2ccncn2)CC1. The predicted octanol–water partition coefficient (Wildman–Crippen LogP) is 0.0717. The number of aliphatic carboxylic acids is 1. The quantitative estimate of drug-likeness (QED) is 0.801. The van der Waals surface area contributed by atoms with E-state index in [1.807, 2.05) is 11.0 Å². The molecule has 0 amide bonds. The molecule has 0 bridgehead atoms. The summed E-state index contributed by atoms with van der Waals surface area (Å²) in [6.45, 7) is 4.82. The summed E-state index contributed by atoms with van der Waals surface area (Å²) in [6, 6.07) is 1.46. The third-order valence-corrected chi connectivity index (χ3v) is 3.11. The molecule has 92 valence electrons. The van der Waals surface area contributed by atoms with Crippen LogP contribution in [0.3, 0.4) is 0 Å². The molecule has 1 aliphatic heterocycles. The molecule has 1 aliphatic rings. The summed E-state index contributed by atoms with van der Waals surface area (Å²) < 4.78 is 0. The highest BCUT2D eigenvalue weighted by molar-refractivity contribution is 5.72. The van der Waals surface area contributed by atoms with Crippen molar-refractivity contribution in [3.05, 3.63) is 18.6 Å². The molecule has 0 saturated carbocycles. The standard InChI is InChI=1S/C11H16N4O2/c1-9(11(16)17)14-4-6-15(7-5-14)10-2-3-12-8-13-10/h2-3,8-9H,4-7H2,1H3,(H,16,17). The predicted molar refractivity (Wildman–Crippen MR) is 62.9 cm³/mol. The van der Waals surface area contributed by atoms with Crippen molar-refractivity contribution in [2.75, 3.05) is 31.1 Å². The van der Waals surface area contributed by atoms with Gasteiger partial charge in [-0.05, 0) is 13.0 Å². The van der Waals surface area contributed by atoms with Gasteiger partial charge in [0.05, 0.1) is 0 Å². The van der Waals surface area contributed by atoms with E-state index < -0.39 is 12.0 Å². The van der Waals surface area contributed by atoms with E-state index in [-0.39, 0.29) is 0 Å². The van der Waals surface area contributed by atoms with Crippen LogP contribution in [-0.2, 0) is 4.79 Å². The summed E-state index contributed by atoms with van der Waals surface area (Å²) in [6.07, 6.45) is 3.25. The maximum atomic E-state index is 10.9. The van der Waals surface area contributed by atoms with Crippen LogP contribution in [0.5, 0.6) is 0 Å². The molecular weight excluding hydrogens is 220 g/mol. The fourth-order valence-electron chi connectivity index (χ4n) is 1.97. The van der Waals surface area contributed by atoms with E-state index in [0.29, 0.717) is 0 Å². The number of hydrogen-bond donors (Lipinski definition) is 1. The second-order valence-corrected chi connectivity index (χ2v) is 4.10. The zero-order valence-corrected chi connectivity index (χ0v) is 9.78. The van der Waals surface area contributed by atoms with E-state index >= 15 is 0 Å². The van der Waals surface area contributed by atoms with Gasteiger partial charge in [0, 0.05) is 32.4 Å². The molecule has 1 unspecified atom stereocenters. The van der Waals surface area contributed by atoms with Crippen LogP contribution < -0.4 is 4.90 Å². The maximum Gasteiger partial charge on any atom is 0.320 e. The van der Waals surface area contributed by atoms with Gasteiger partial charge in [-0.1, -0.05) is 0 Å². The van der Waals surface area contributed by atoms with Gasteiger partial charge in [-0.15, -0.1) is 0 Å². The average molecular weight is 236 g/mol. The Morgan fingerprint density at radius 2 is 2.12 bits per heavy atom. The van der Waals surface area contributed by atoms with Crippen LogP contribution in [0.15, 0.2) is 18.6 Å². The summed E-state index contributed by atoms with van der Waals surface area (Å²) in [4.78, 5) is 23.1. The van der Waals surface area contributed by atoms with E-state index in [9.17, 15) is 4.79 Å². The molecule has 6 heteroatoms. The summed E-state index contributed by atoms with van der Waals surface area (Å²) >= 11 is 0. The molecule has 1 aromatic heterocycles. The van der Waals surface area contributed by atoms with Gasteiger partial charge < -0.3 is 10.0 Å². The number of piperazine rings is 1. The summed E-state index contributed by atoms with van der Waals surface area (Å²) in [5, 5.41) is 8.94. The topological polar surface area (TPSA) is 69.6 Å². The van der Waals surface area contributed by atoms with Crippen LogP contribution in [0.1, 0.15) is 6.92 Å². The fourth-order valence-corrected chi connectivity index (χ4v) is 1.97.